The van der Waals surface area contributed by atoms with Gasteiger partial charge in [0.1, 0.15) is 5.60 Å². The Kier molecular flexibility index (Phi) is 8.36. The molecule has 1 aromatic rings. The van der Waals surface area contributed by atoms with Gasteiger partial charge in [0.2, 0.25) is 0 Å². The number of carbonyl (C=O) groups excluding carboxylic acids is 1. The van der Waals surface area contributed by atoms with Crippen LogP contribution in [-0.4, -0.2) is 99.9 Å². The molecule has 1 fully saturated rings. The van der Waals surface area contributed by atoms with Crippen LogP contribution >= 0.6 is 0 Å². The molecule has 158 valence electrons. The van der Waals surface area contributed by atoms with Crippen molar-refractivity contribution in [3.05, 3.63) is 35.9 Å². The molecular formula is C20H32N2O6. The average molecular weight is 396 g/mol. The number of rotatable bonds is 9. The summed E-state index contributed by atoms with van der Waals surface area (Å²) in [6, 6.07) is 9.35. The maximum Gasteiger partial charge on any atom is 0.254 e. The van der Waals surface area contributed by atoms with E-state index in [4.69, 9.17) is 4.74 Å². The largest absolute Gasteiger partial charge is 0.390 e. The number of aliphatic hydroxyl groups is 4. The second kappa shape index (κ2) is 10.3. The van der Waals surface area contributed by atoms with Crippen molar-refractivity contribution in [2.45, 2.75) is 43.9 Å². The van der Waals surface area contributed by atoms with Crippen molar-refractivity contribution in [2.75, 3.05) is 39.8 Å². The highest BCUT2D eigenvalue weighted by Crippen LogP contribution is 2.22. The summed E-state index contributed by atoms with van der Waals surface area (Å²) in [5, 5.41) is 41.3. The number of benzene rings is 1. The number of amides is 1. The third kappa shape index (κ3) is 6.23. The van der Waals surface area contributed by atoms with Gasteiger partial charge in [-0.1, -0.05) is 30.3 Å². The molecule has 1 aliphatic rings. The van der Waals surface area contributed by atoms with Gasteiger partial charge in [0.25, 0.3) is 5.91 Å². The van der Waals surface area contributed by atoms with Crippen LogP contribution < -0.4 is 0 Å². The Morgan fingerprint density at radius 3 is 2.32 bits per heavy atom. The van der Waals surface area contributed by atoms with Crippen molar-refractivity contribution < 1.29 is 30.0 Å². The monoisotopic (exact) mass is 396 g/mol. The van der Waals surface area contributed by atoms with E-state index in [1.54, 1.807) is 0 Å². The van der Waals surface area contributed by atoms with E-state index in [-0.39, 0.29) is 19.6 Å². The first kappa shape index (κ1) is 22.7. The summed E-state index contributed by atoms with van der Waals surface area (Å²) in [5.74, 6) is -0.571. The quantitative estimate of drug-likeness (QED) is 0.432. The summed E-state index contributed by atoms with van der Waals surface area (Å²) < 4.78 is 5.51. The molecule has 2 rings (SSSR count). The summed E-state index contributed by atoms with van der Waals surface area (Å²) in [5.41, 5.74) is -0.890. The Bertz CT molecular complexity index is 606. The van der Waals surface area contributed by atoms with Crippen molar-refractivity contribution in [1.29, 1.82) is 0 Å². The molecule has 1 saturated heterocycles. The molecule has 1 amide bonds. The van der Waals surface area contributed by atoms with Gasteiger partial charge in [-0.2, -0.15) is 0 Å². The van der Waals surface area contributed by atoms with E-state index in [0.717, 1.165) is 5.56 Å². The molecule has 1 aliphatic heterocycles. The first-order chi connectivity index (χ1) is 13.2. The smallest absolute Gasteiger partial charge is 0.254 e. The van der Waals surface area contributed by atoms with Gasteiger partial charge in [-0.25, -0.2) is 0 Å². The first-order valence-electron chi connectivity index (χ1n) is 9.58. The van der Waals surface area contributed by atoms with Gasteiger partial charge in [-0.15, -0.1) is 0 Å². The highest BCUT2D eigenvalue weighted by Gasteiger charge is 2.40. The predicted octanol–water partition coefficient (Wildman–Crippen LogP) is -0.799. The maximum atomic E-state index is 12.4. The summed E-state index contributed by atoms with van der Waals surface area (Å²) in [6.07, 6.45) is -4.79. The van der Waals surface area contributed by atoms with Gasteiger partial charge in [0.05, 0.1) is 25.4 Å². The van der Waals surface area contributed by atoms with E-state index in [1.165, 1.54) is 11.8 Å². The Hall–Kier alpha value is -1.55. The molecule has 1 heterocycles. The molecule has 4 N–H and O–H groups in total. The molecule has 0 aliphatic carbocycles. The molecule has 0 bridgehead atoms. The van der Waals surface area contributed by atoms with E-state index in [0.29, 0.717) is 26.2 Å². The SMILES string of the molecule is C[C@@H](O)C(O)(COCc1ccccc1)C[C@H](O)[C@@H](O)C(=O)N1CCN(C)CC1. The van der Waals surface area contributed by atoms with E-state index in [9.17, 15) is 25.2 Å². The summed E-state index contributed by atoms with van der Waals surface area (Å²) in [4.78, 5) is 16.0. The molecule has 0 radical (unpaired) electrons. The Morgan fingerprint density at radius 2 is 1.75 bits per heavy atom. The minimum atomic E-state index is -1.79. The van der Waals surface area contributed by atoms with Gasteiger partial charge >= 0.3 is 0 Å². The third-order valence-electron chi connectivity index (χ3n) is 5.24. The summed E-state index contributed by atoms with van der Waals surface area (Å²) in [6.45, 7) is 3.70. The number of aliphatic hydroxyl groups excluding tert-OH is 3. The van der Waals surface area contributed by atoms with Crippen LogP contribution in [0.2, 0.25) is 0 Å². The number of piperazine rings is 1. The van der Waals surface area contributed by atoms with E-state index in [2.05, 4.69) is 4.90 Å². The highest BCUT2D eigenvalue weighted by atomic mass is 16.5. The standard InChI is InChI=1S/C20H32N2O6/c1-15(23)20(27,14-28-13-16-6-4-3-5-7-16)12-17(24)18(25)19(26)22-10-8-21(2)9-11-22/h3-7,15,17-18,23-25,27H,8-14H2,1-2H3/t15-,17+,18-,20?/m1/s1. The number of hydrogen-bond donors (Lipinski definition) is 4. The average Bonchev–Trinajstić information content (AvgIpc) is 2.68. The molecule has 8 nitrogen and oxygen atoms in total. The predicted molar refractivity (Wildman–Crippen MR) is 103 cm³/mol. The lowest BCUT2D eigenvalue weighted by atomic mass is 9.89. The molecule has 0 spiro atoms. The maximum absolute atomic E-state index is 12.4. The van der Waals surface area contributed by atoms with Crippen molar-refractivity contribution in [1.82, 2.24) is 9.80 Å². The first-order valence-corrected chi connectivity index (χ1v) is 9.58. The van der Waals surface area contributed by atoms with Crippen LogP contribution in [0, 0.1) is 0 Å². The third-order valence-corrected chi connectivity index (χ3v) is 5.24. The molecule has 1 unspecified atom stereocenters. The van der Waals surface area contributed by atoms with Gasteiger partial charge in [0, 0.05) is 32.6 Å². The zero-order valence-electron chi connectivity index (χ0n) is 16.6. The van der Waals surface area contributed by atoms with Crippen LogP contribution in [0.3, 0.4) is 0 Å². The fourth-order valence-corrected chi connectivity index (χ4v) is 3.12. The minimum absolute atomic E-state index is 0.231. The van der Waals surface area contributed by atoms with Crippen LogP contribution in [0.15, 0.2) is 30.3 Å². The lowest BCUT2D eigenvalue weighted by molar-refractivity contribution is -0.162. The second-order valence-electron chi connectivity index (χ2n) is 7.60. The van der Waals surface area contributed by atoms with E-state index >= 15 is 0 Å². The van der Waals surface area contributed by atoms with Crippen LogP contribution in [0.25, 0.3) is 0 Å². The normalized spacial score (nSPS) is 21.0. The highest BCUT2D eigenvalue weighted by molar-refractivity contribution is 5.81. The molecule has 1 aromatic carbocycles. The van der Waals surface area contributed by atoms with Crippen molar-refractivity contribution in [3.8, 4) is 0 Å². The molecule has 28 heavy (non-hydrogen) atoms. The van der Waals surface area contributed by atoms with Crippen molar-refractivity contribution in [3.63, 3.8) is 0 Å². The number of carbonyl (C=O) groups is 1. The van der Waals surface area contributed by atoms with Gasteiger partial charge in [-0.05, 0) is 19.5 Å². The fourth-order valence-electron chi connectivity index (χ4n) is 3.12. The van der Waals surface area contributed by atoms with E-state index < -0.39 is 29.8 Å². The Morgan fingerprint density at radius 1 is 1.14 bits per heavy atom. The van der Waals surface area contributed by atoms with Gasteiger partial charge in [-0.3, -0.25) is 4.79 Å². The van der Waals surface area contributed by atoms with Crippen LogP contribution in [-0.2, 0) is 16.1 Å². The van der Waals surface area contributed by atoms with E-state index in [1.807, 2.05) is 37.4 Å². The van der Waals surface area contributed by atoms with Gasteiger partial charge in [0.15, 0.2) is 6.10 Å². The number of nitrogens with zero attached hydrogens (tertiary/aromatic N) is 2. The molecule has 8 heteroatoms. The Labute approximate surface area is 166 Å². The number of hydrogen-bond acceptors (Lipinski definition) is 7. The van der Waals surface area contributed by atoms with Crippen LogP contribution in [0.4, 0.5) is 0 Å². The van der Waals surface area contributed by atoms with Crippen LogP contribution in [0.5, 0.6) is 0 Å². The second-order valence-corrected chi connectivity index (χ2v) is 7.60. The molecule has 0 saturated carbocycles. The zero-order valence-corrected chi connectivity index (χ0v) is 16.6. The molecular weight excluding hydrogens is 364 g/mol. The van der Waals surface area contributed by atoms with Crippen LogP contribution in [0.1, 0.15) is 18.9 Å². The Balaban J connectivity index is 1.90. The molecule has 0 aromatic heterocycles. The van der Waals surface area contributed by atoms with Crippen molar-refractivity contribution >= 4 is 5.91 Å². The van der Waals surface area contributed by atoms with Gasteiger partial charge < -0.3 is 35.0 Å². The number of likely N-dealkylation sites (N-methyl/N-ethyl adjacent to an activating group) is 1. The minimum Gasteiger partial charge on any atom is -0.390 e. The fraction of sp³-hybridized carbons (Fsp3) is 0.650. The lowest BCUT2D eigenvalue weighted by Crippen LogP contribution is -2.55. The van der Waals surface area contributed by atoms with Crippen molar-refractivity contribution in [2.24, 2.45) is 0 Å². The molecule has 4 atom stereocenters. The summed E-state index contributed by atoms with van der Waals surface area (Å²) >= 11 is 0. The number of ether oxygens (including phenoxy) is 1. The topological polar surface area (TPSA) is 114 Å². The zero-order chi connectivity index (χ0) is 20.7. The summed E-state index contributed by atoms with van der Waals surface area (Å²) in [7, 11) is 1.95. The lowest BCUT2D eigenvalue weighted by Gasteiger charge is -2.36.